The summed E-state index contributed by atoms with van der Waals surface area (Å²) < 4.78 is 0. The van der Waals surface area contributed by atoms with Crippen LogP contribution in [0.5, 0.6) is 0 Å². The second-order valence-electron chi connectivity index (χ2n) is 14.0. The van der Waals surface area contributed by atoms with Crippen molar-refractivity contribution in [3.63, 3.8) is 0 Å². The van der Waals surface area contributed by atoms with E-state index in [2.05, 4.69) is 184 Å². The third-order valence-corrected chi connectivity index (χ3v) is 11.1. The average Bonchev–Trinajstić information content (AvgIpc) is 3.39. The van der Waals surface area contributed by atoms with Crippen molar-refractivity contribution in [3.8, 4) is 44.5 Å². The quantitative estimate of drug-likeness (QED) is 0.172. The summed E-state index contributed by atoms with van der Waals surface area (Å²) in [6, 6.07) is 63.1. The van der Waals surface area contributed by atoms with Gasteiger partial charge in [-0.15, -0.1) is 0 Å². The van der Waals surface area contributed by atoms with Crippen LogP contribution in [0.3, 0.4) is 0 Å². The van der Waals surface area contributed by atoms with E-state index in [0.717, 1.165) is 0 Å². The van der Waals surface area contributed by atoms with E-state index < -0.39 is 0 Å². The molecule has 0 heterocycles. The predicted octanol–water partition coefficient (Wildman–Crippen LogP) is 13.6. The highest BCUT2D eigenvalue weighted by Crippen LogP contribution is 2.53. The second kappa shape index (κ2) is 10.5. The minimum atomic E-state index is -0.0403. The van der Waals surface area contributed by atoms with Crippen molar-refractivity contribution in [2.24, 2.45) is 0 Å². The van der Waals surface area contributed by atoms with Crippen LogP contribution in [-0.2, 0) is 5.41 Å². The molecule has 1 aliphatic rings. The Morgan fingerprint density at radius 3 is 1.35 bits per heavy atom. The molecule has 0 aromatic heterocycles. The monoisotopic (exact) mass is 622 g/mol. The Balaban J connectivity index is 1.28. The number of hydrogen-bond donors (Lipinski definition) is 0. The smallest absolute Gasteiger partial charge is 0.0159 e. The van der Waals surface area contributed by atoms with E-state index in [4.69, 9.17) is 0 Å². The summed E-state index contributed by atoms with van der Waals surface area (Å²) in [5, 5.41) is 10.2. The Morgan fingerprint density at radius 2 is 0.673 bits per heavy atom. The van der Waals surface area contributed by atoms with Gasteiger partial charge in [0.1, 0.15) is 0 Å². The maximum absolute atomic E-state index is 2.38. The lowest BCUT2D eigenvalue weighted by molar-refractivity contribution is 0.660. The highest BCUT2D eigenvalue weighted by atomic mass is 14.4. The van der Waals surface area contributed by atoms with Gasteiger partial charge in [-0.25, -0.2) is 0 Å². The molecule has 0 unspecified atom stereocenters. The van der Waals surface area contributed by atoms with Gasteiger partial charge in [-0.05, 0) is 98.7 Å². The summed E-state index contributed by atoms with van der Waals surface area (Å²) in [7, 11) is 0. The predicted molar refractivity (Wildman–Crippen MR) is 210 cm³/mol. The molecular weight excluding hydrogens is 589 g/mol. The average molecular weight is 623 g/mol. The fraction of sp³-hybridized carbons (Fsp3) is 0.0612. The molecule has 0 N–H and O–H groups in total. The van der Waals surface area contributed by atoms with Crippen LogP contribution in [0.4, 0.5) is 0 Å². The van der Waals surface area contributed by atoms with Gasteiger partial charge in [0.25, 0.3) is 0 Å². The molecule has 0 radical (unpaired) electrons. The molecule has 0 atom stereocenters. The molecule has 9 aromatic carbocycles. The van der Waals surface area contributed by atoms with Crippen LogP contribution >= 0.6 is 0 Å². The van der Waals surface area contributed by atoms with Gasteiger partial charge < -0.3 is 0 Å². The highest BCUT2D eigenvalue weighted by molar-refractivity contribution is 6.25. The van der Waals surface area contributed by atoms with Crippen LogP contribution in [-0.4, -0.2) is 0 Å². The highest BCUT2D eigenvalue weighted by Gasteiger charge is 2.36. The van der Waals surface area contributed by atoms with E-state index in [1.807, 2.05) is 0 Å². The van der Waals surface area contributed by atoms with E-state index in [1.54, 1.807) is 0 Å². The maximum atomic E-state index is 2.38. The van der Waals surface area contributed by atoms with Crippen molar-refractivity contribution >= 4 is 43.1 Å². The number of hydrogen-bond acceptors (Lipinski definition) is 0. The first-order chi connectivity index (χ1) is 24.1. The molecule has 0 heteroatoms. The van der Waals surface area contributed by atoms with Crippen molar-refractivity contribution in [2.45, 2.75) is 19.3 Å². The van der Waals surface area contributed by atoms with E-state index in [-0.39, 0.29) is 5.41 Å². The number of fused-ring (bicyclic) bond motifs is 7. The summed E-state index contributed by atoms with van der Waals surface area (Å²) in [6.07, 6.45) is 0. The van der Waals surface area contributed by atoms with E-state index in [0.29, 0.717) is 0 Å². The second-order valence-corrected chi connectivity index (χ2v) is 14.0. The summed E-state index contributed by atoms with van der Waals surface area (Å²) in [5.41, 5.74) is 13.2. The van der Waals surface area contributed by atoms with Crippen molar-refractivity contribution in [1.82, 2.24) is 0 Å². The lowest BCUT2D eigenvalue weighted by atomic mass is 9.81. The maximum Gasteiger partial charge on any atom is 0.0159 e. The molecule has 0 amide bonds. The molecule has 0 aliphatic heterocycles. The molecule has 0 fully saturated rings. The minimum Gasteiger partial charge on any atom is -0.0619 e. The molecule has 9 aromatic rings. The molecule has 49 heavy (non-hydrogen) atoms. The molecule has 10 rings (SSSR count). The van der Waals surface area contributed by atoms with Crippen molar-refractivity contribution in [1.29, 1.82) is 0 Å². The Bertz CT molecular complexity index is 2730. The molecule has 0 spiro atoms. The van der Waals surface area contributed by atoms with Gasteiger partial charge in [0.15, 0.2) is 0 Å². The van der Waals surface area contributed by atoms with Crippen molar-refractivity contribution in [3.05, 3.63) is 181 Å². The lowest BCUT2D eigenvalue weighted by Crippen LogP contribution is -2.14. The van der Waals surface area contributed by atoms with Crippen LogP contribution in [0, 0.1) is 0 Å². The van der Waals surface area contributed by atoms with Gasteiger partial charge in [-0.1, -0.05) is 184 Å². The summed E-state index contributed by atoms with van der Waals surface area (Å²) in [5.74, 6) is 0. The Morgan fingerprint density at radius 1 is 0.265 bits per heavy atom. The van der Waals surface area contributed by atoms with E-state index in [1.165, 1.54) is 98.7 Å². The molecule has 0 saturated heterocycles. The summed E-state index contributed by atoms with van der Waals surface area (Å²) >= 11 is 0. The number of rotatable bonds is 3. The molecule has 230 valence electrons. The van der Waals surface area contributed by atoms with Crippen LogP contribution < -0.4 is 0 Å². The zero-order valence-corrected chi connectivity index (χ0v) is 27.7. The molecular formula is C49H34. The van der Waals surface area contributed by atoms with Gasteiger partial charge >= 0.3 is 0 Å². The molecule has 0 nitrogen and oxygen atoms in total. The minimum absolute atomic E-state index is 0.0403. The van der Waals surface area contributed by atoms with Crippen LogP contribution in [0.25, 0.3) is 87.6 Å². The zero-order valence-electron chi connectivity index (χ0n) is 27.7. The van der Waals surface area contributed by atoms with E-state index >= 15 is 0 Å². The van der Waals surface area contributed by atoms with Crippen molar-refractivity contribution in [2.75, 3.05) is 0 Å². The third-order valence-electron chi connectivity index (χ3n) is 11.1. The Kier molecular flexibility index (Phi) is 6.02. The number of benzene rings is 9. The van der Waals surface area contributed by atoms with Gasteiger partial charge in [0, 0.05) is 5.41 Å². The zero-order chi connectivity index (χ0) is 32.7. The SMILES string of the molecule is CC1(C)c2ccccc2-c2c(-c3ccc(-c4c5ccccc5c(-c5cccc6ccccc56)c5ccccc45)c4ccccc34)cccc21. The molecule has 0 saturated carbocycles. The lowest BCUT2D eigenvalue weighted by Gasteiger charge is -2.22. The van der Waals surface area contributed by atoms with Crippen LogP contribution in [0.1, 0.15) is 25.0 Å². The summed E-state index contributed by atoms with van der Waals surface area (Å²) in [4.78, 5) is 0. The fourth-order valence-electron chi connectivity index (χ4n) is 8.88. The standard InChI is InChI=1S/C49H34/c1-49(2)44-27-12-11-24-43(44)48-37(26-14-28-45(48)49)35-29-30-42(34-19-6-5-18-33(34)35)47-40-22-9-7-20-38(40)46(39-21-8-10-23-41(39)47)36-25-13-16-31-15-3-4-17-32(31)36/h3-30H,1-2H3. The van der Waals surface area contributed by atoms with Gasteiger partial charge in [-0.2, -0.15) is 0 Å². The third kappa shape index (κ3) is 3.98. The van der Waals surface area contributed by atoms with Gasteiger partial charge in [-0.3, -0.25) is 0 Å². The topological polar surface area (TPSA) is 0 Å². The first-order valence-electron chi connectivity index (χ1n) is 17.3. The largest absolute Gasteiger partial charge is 0.0619 e. The first kappa shape index (κ1) is 28.1. The first-order valence-corrected chi connectivity index (χ1v) is 17.3. The Labute approximate surface area is 286 Å². The van der Waals surface area contributed by atoms with Gasteiger partial charge in [0.05, 0.1) is 0 Å². The van der Waals surface area contributed by atoms with Crippen molar-refractivity contribution < 1.29 is 0 Å². The van der Waals surface area contributed by atoms with Gasteiger partial charge in [0.2, 0.25) is 0 Å². The normalized spacial score (nSPS) is 13.3. The Hall–Kier alpha value is -5.98. The van der Waals surface area contributed by atoms with E-state index in [9.17, 15) is 0 Å². The fourth-order valence-corrected chi connectivity index (χ4v) is 8.88. The van der Waals surface area contributed by atoms with Crippen LogP contribution in [0.15, 0.2) is 170 Å². The summed E-state index contributed by atoms with van der Waals surface area (Å²) in [6.45, 7) is 4.72. The van der Waals surface area contributed by atoms with Crippen LogP contribution in [0.2, 0.25) is 0 Å². The molecule has 0 bridgehead atoms. The molecule has 1 aliphatic carbocycles.